The van der Waals surface area contributed by atoms with Gasteiger partial charge >= 0.3 is 0 Å². The second-order valence-electron chi connectivity index (χ2n) is 3.75. The second-order valence-corrected chi connectivity index (χ2v) is 3.75. The largest absolute Gasteiger partial charge is 0.262 e. The number of aromatic nitrogens is 2. The fourth-order valence-electron chi connectivity index (χ4n) is 1.56. The minimum Gasteiger partial charge on any atom is -0.262 e. The molecule has 0 bridgehead atoms. The normalized spacial score (nSPS) is 11.4. The Morgan fingerprint density at radius 2 is 2.08 bits per heavy atom. The molecule has 13 heavy (non-hydrogen) atoms. The summed E-state index contributed by atoms with van der Waals surface area (Å²) in [5.41, 5.74) is 2.52. The van der Waals surface area contributed by atoms with Crippen LogP contribution in [0.2, 0.25) is 0 Å². The summed E-state index contributed by atoms with van der Waals surface area (Å²) in [7, 11) is 0. The van der Waals surface area contributed by atoms with Crippen LogP contribution in [0.1, 0.15) is 25.5 Å². The molecule has 0 N–H and O–H groups in total. The molecule has 0 radical (unpaired) electrons. The van der Waals surface area contributed by atoms with Gasteiger partial charge in [0.25, 0.3) is 0 Å². The van der Waals surface area contributed by atoms with Crippen LogP contribution >= 0.6 is 0 Å². The fraction of sp³-hybridized carbons (Fsp3) is 0.364. The van der Waals surface area contributed by atoms with E-state index in [2.05, 4.69) is 48.8 Å². The van der Waals surface area contributed by atoms with Crippen molar-refractivity contribution in [1.82, 2.24) is 9.78 Å². The fourth-order valence-corrected chi connectivity index (χ4v) is 1.56. The van der Waals surface area contributed by atoms with Crippen LogP contribution in [0.3, 0.4) is 0 Å². The van der Waals surface area contributed by atoms with Gasteiger partial charge in [-0.15, -0.1) is 0 Å². The van der Waals surface area contributed by atoms with Crippen molar-refractivity contribution >= 4 is 10.9 Å². The van der Waals surface area contributed by atoms with Crippen LogP contribution in [-0.4, -0.2) is 9.78 Å². The van der Waals surface area contributed by atoms with Gasteiger partial charge in [0.05, 0.1) is 11.7 Å². The minimum atomic E-state index is 0.430. The summed E-state index contributed by atoms with van der Waals surface area (Å²) in [6.45, 7) is 6.40. The predicted molar refractivity (Wildman–Crippen MR) is 54.9 cm³/mol. The first-order valence-electron chi connectivity index (χ1n) is 4.62. The van der Waals surface area contributed by atoms with Crippen LogP contribution in [0.15, 0.2) is 24.4 Å². The van der Waals surface area contributed by atoms with E-state index in [0.717, 1.165) is 0 Å². The second kappa shape index (κ2) is 2.87. The molecule has 0 saturated carbocycles. The van der Waals surface area contributed by atoms with Crippen molar-refractivity contribution in [2.24, 2.45) is 0 Å². The quantitative estimate of drug-likeness (QED) is 0.650. The summed E-state index contributed by atoms with van der Waals surface area (Å²) in [5.74, 6) is 0. The maximum atomic E-state index is 4.35. The van der Waals surface area contributed by atoms with Crippen molar-refractivity contribution in [3.05, 3.63) is 30.0 Å². The number of nitrogens with zero attached hydrogens (tertiary/aromatic N) is 2. The molecule has 0 spiro atoms. The molecule has 1 aromatic carbocycles. The lowest BCUT2D eigenvalue weighted by Gasteiger charge is -2.06. The topological polar surface area (TPSA) is 17.8 Å². The van der Waals surface area contributed by atoms with Crippen molar-refractivity contribution in [3.8, 4) is 0 Å². The molecule has 0 aliphatic carbocycles. The molecule has 0 atom stereocenters. The number of aryl methyl sites for hydroxylation is 1. The Bertz CT molecular complexity index is 427. The molecule has 1 heterocycles. The highest BCUT2D eigenvalue weighted by Gasteiger charge is 2.04. The van der Waals surface area contributed by atoms with E-state index in [4.69, 9.17) is 0 Å². The highest BCUT2D eigenvalue weighted by Crippen LogP contribution is 2.18. The SMILES string of the molecule is Cc1ccc2cnn(C(C)C)c2c1. The third-order valence-electron chi connectivity index (χ3n) is 2.24. The van der Waals surface area contributed by atoms with E-state index in [1.165, 1.54) is 16.5 Å². The van der Waals surface area contributed by atoms with Crippen LogP contribution in [0.5, 0.6) is 0 Å². The van der Waals surface area contributed by atoms with Crippen molar-refractivity contribution in [2.45, 2.75) is 26.8 Å². The summed E-state index contributed by atoms with van der Waals surface area (Å²) in [6.07, 6.45) is 1.93. The molecule has 2 aromatic rings. The van der Waals surface area contributed by atoms with E-state index in [0.29, 0.717) is 6.04 Å². The van der Waals surface area contributed by atoms with E-state index in [-0.39, 0.29) is 0 Å². The van der Waals surface area contributed by atoms with Gasteiger partial charge in [0.2, 0.25) is 0 Å². The van der Waals surface area contributed by atoms with E-state index in [1.54, 1.807) is 0 Å². The van der Waals surface area contributed by atoms with Crippen molar-refractivity contribution in [2.75, 3.05) is 0 Å². The lowest BCUT2D eigenvalue weighted by molar-refractivity contribution is 0.551. The molecule has 0 aliphatic heterocycles. The van der Waals surface area contributed by atoms with Crippen LogP contribution < -0.4 is 0 Å². The number of hydrogen-bond acceptors (Lipinski definition) is 1. The van der Waals surface area contributed by atoms with Crippen LogP contribution in [0.25, 0.3) is 10.9 Å². The highest BCUT2D eigenvalue weighted by molar-refractivity contribution is 5.79. The summed E-state index contributed by atoms with van der Waals surface area (Å²) >= 11 is 0. The van der Waals surface area contributed by atoms with Gasteiger partial charge in [-0.25, -0.2) is 0 Å². The highest BCUT2D eigenvalue weighted by atomic mass is 15.3. The maximum Gasteiger partial charge on any atom is 0.0688 e. The Hall–Kier alpha value is -1.31. The molecule has 2 nitrogen and oxygen atoms in total. The minimum absolute atomic E-state index is 0.430. The molecule has 0 fully saturated rings. The number of benzene rings is 1. The van der Waals surface area contributed by atoms with Gasteiger partial charge in [0.1, 0.15) is 0 Å². The Kier molecular flexibility index (Phi) is 1.83. The molecule has 0 saturated heterocycles. The lowest BCUT2D eigenvalue weighted by Crippen LogP contribution is -2.01. The summed E-state index contributed by atoms with van der Waals surface area (Å²) in [4.78, 5) is 0. The van der Waals surface area contributed by atoms with Crippen molar-refractivity contribution in [3.63, 3.8) is 0 Å². The zero-order valence-corrected chi connectivity index (χ0v) is 8.28. The van der Waals surface area contributed by atoms with Gasteiger partial charge in [-0.05, 0) is 32.4 Å². The molecule has 0 amide bonds. The molecular formula is C11H14N2. The van der Waals surface area contributed by atoms with Gasteiger partial charge in [-0.3, -0.25) is 4.68 Å². The van der Waals surface area contributed by atoms with E-state index < -0.39 is 0 Å². The number of fused-ring (bicyclic) bond motifs is 1. The summed E-state index contributed by atoms with van der Waals surface area (Å²) in [6, 6.07) is 6.85. The first kappa shape index (κ1) is 8.30. The smallest absolute Gasteiger partial charge is 0.0688 e. The molecule has 0 unspecified atom stereocenters. The number of hydrogen-bond donors (Lipinski definition) is 0. The number of rotatable bonds is 1. The van der Waals surface area contributed by atoms with Gasteiger partial charge < -0.3 is 0 Å². The Morgan fingerprint density at radius 1 is 1.31 bits per heavy atom. The van der Waals surface area contributed by atoms with Crippen LogP contribution in [-0.2, 0) is 0 Å². The Labute approximate surface area is 78.2 Å². The van der Waals surface area contributed by atoms with Crippen molar-refractivity contribution in [1.29, 1.82) is 0 Å². The molecule has 2 heteroatoms. The summed E-state index contributed by atoms with van der Waals surface area (Å²) < 4.78 is 2.06. The first-order chi connectivity index (χ1) is 6.18. The van der Waals surface area contributed by atoms with Crippen LogP contribution in [0, 0.1) is 6.92 Å². The zero-order chi connectivity index (χ0) is 9.42. The molecule has 1 aromatic heterocycles. The van der Waals surface area contributed by atoms with E-state index >= 15 is 0 Å². The summed E-state index contributed by atoms with van der Waals surface area (Å²) in [5, 5.41) is 5.57. The predicted octanol–water partition coefficient (Wildman–Crippen LogP) is 2.93. The average Bonchev–Trinajstić information content (AvgIpc) is 2.46. The molecular weight excluding hydrogens is 160 g/mol. The Morgan fingerprint density at radius 3 is 2.77 bits per heavy atom. The maximum absolute atomic E-state index is 4.35. The third-order valence-corrected chi connectivity index (χ3v) is 2.24. The standard InChI is InChI=1S/C11H14N2/c1-8(2)13-11-6-9(3)4-5-10(11)7-12-13/h4-8H,1-3H3. The monoisotopic (exact) mass is 174 g/mol. The van der Waals surface area contributed by atoms with Crippen LogP contribution in [0.4, 0.5) is 0 Å². The lowest BCUT2D eigenvalue weighted by atomic mass is 10.2. The van der Waals surface area contributed by atoms with E-state index in [9.17, 15) is 0 Å². The van der Waals surface area contributed by atoms with Crippen molar-refractivity contribution < 1.29 is 0 Å². The van der Waals surface area contributed by atoms with E-state index in [1.807, 2.05) is 6.20 Å². The van der Waals surface area contributed by atoms with Gasteiger partial charge in [-0.1, -0.05) is 12.1 Å². The van der Waals surface area contributed by atoms with Gasteiger partial charge in [0, 0.05) is 11.4 Å². The van der Waals surface area contributed by atoms with Gasteiger partial charge in [0.15, 0.2) is 0 Å². The molecule has 68 valence electrons. The van der Waals surface area contributed by atoms with Gasteiger partial charge in [-0.2, -0.15) is 5.10 Å². The average molecular weight is 174 g/mol. The first-order valence-corrected chi connectivity index (χ1v) is 4.62. The molecule has 2 rings (SSSR count). The third kappa shape index (κ3) is 1.32. The molecule has 0 aliphatic rings. The Balaban J connectivity index is 2.71. The zero-order valence-electron chi connectivity index (χ0n) is 8.28.